The van der Waals surface area contributed by atoms with E-state index in [0.29, 0.717) is 17.1 Å². The van der Waals surface area contributed by atoms with Crippen LogP contribution >= 0.6 is 27.3 Å². The van der Waals surface area contributed by atoms with Crippen molar-refractivity contribution in [3.05, 3.63) is 57.3 Å². The second-order valence-corrected chi connectivity index (χ2v) is 9.14. The summed E-state index contributed by atoms with van der Waals surface area (Å²) in [6.45, 7) is 3.75. The number of hydrogen-bond acceptors (Lipinski definition) is 5. The molecule has 2 aromatic carbocycles. The number of aromatic nitrogens is 1. The number of halogens is 1. The van der Waals surface area contributed by atoms with Crippen LogP contribution in [0.5, 0.6) is 5.75 Å². The standard InChI is InChI=1S/C23H22BrN3O3S/c1-3-4-21-26-18(13-31-21)15-5-10-20-19(11-15)27(22(28)12-30-20)14(2)23(29)25-17-8-6-16(24)7-9-17/h5-11,13-14H,3-4,12H2,1-2H3,(H,25,29). The quantitative estimate of drug-likeness (QED) is 0.500. The van der Waals surface area contributed by atoms with E-state index in [0.717, 1.165) is 33.6 Å². The average Bonchev–Trinajstić information content (AvgIpc) is 3.23. The molecule has 0 aliphatic carbocycles. The fourth-order valence-electron chi connectivity index (χ4n) is 3.42. The van der Waals surface area contributed by atoms with E-state index in [-0.39, 0.29) is 18.4 Å². The van der Waals surface area contributed by atoms with Gasteiger partial charge in [-0.1, -0.05) is 22.9 Å². The molecule has 2 amide bonds. The Morgan fingerprint density at radius 3 is 2.81 bits per heavy atom. The molecule has 0 bridgehead atoms. The molecule has 1 aliphatic heterocycles. The monoisotopic (exact) mass is 499 g/mol. The van der Waals surface area contributed by atoms with E-state index in [4.69, 9.17) is 9.72 Å². The summed E-state index contributed by atoms with van der Waals surface area (Å²) in [5.74, 6) is 0.0523. The molecule has 3 aromatic rings. The lowest BCUT2D eigenvalue weighted by atomic mass is 10.1. The van der Waals surface area contributed by atoms with Gasteiger partial charge in [0.25, 0.3) is 5.91 Å². The van der Waals surface area contributed by atoms with Crippen LogP contribution in [0.3, 0.4) is 0 Å². The molecule has 1 unspecified atom stereocenters. The maximum absolute atomic E-state index is 12.9. The highest BCUT2D eigenvalue weighted by Crippen LogP contribution is 2.37. The van der Waals surface area contributed by atoms with Crippen molar-refractivity contribution in [2.75, 3.05) is 16.8 Å². The Morgan fingerprint density at radius 2 is 2.06 bits per heavy atom. The summed E-state index contributed by atoms with van der Waals surface area (Å²) in [5, 5.41) is 5.98. The second kappa shape index (κ2) is 9.20. The topological polar surface area (TPSA) is 71.5 Å². The molecule has 4 rings (SSSR count). The van der Waals surface area contributed by atoms with Crippen molar-refractivity contribution in [2.45, 2.75) is 32.7 Å². The summed E-state index contributed by atoms with van der Waals surface area (Å²) in [6, 6.07) is 12.2. The molecule has 0 spiro atoms. The summed E-state index contributed by atoms with van der Waals surface area (Å²) in [6.07, 6.45) is 1.98. The molecule has 31 heavy (non-hydrogen) atoms. The maximum Gasteiger partial charge on any atom is 0.265 e. The first-order valence-corrected chi connectivity index (χ1v) is 11.7. The number of rotatable bonds is 6. The van der Waals surface area contributed by atoms with Crippen molar-refractivity contribution >= 4 is 50.5 Å². The molecule has 2 heterocycles. The van der Waals surface area contributed by atoms with E-state index in [9.17, 15) is 9.59 Å². The number of carbonyl (C=O) groups is 2. The van der Waals surface area contributed by atoms with Crippen LogP contribution in [0, 0.1) is 0 Å². The Balaban J connectivity index is 1.61. The molecule has 0 saturated carbocycles. The van der Waals surface area contributed by atoms with Crippen molar-refractivity contribution in [2.24, 2.45) is 0 Å². The Bertz CT molecular complexity index is 1110. The zero-order valence-corrected chi connectivity index (χ0v) is 19.6. The lowest BCUT2D eigenvalue weighted by molar-refractivity contribution is -0.125. The number of carbonyl (C=O) groups excluding carboxylic acids is 2. The van der Waals surface area contributed by atoms with Gasteiger partial charge in [-0.3, -0.25) is 14.5 Å². The number of ether oxygens (including phenoxy) is 1. The minimum absolute atomic E-state index is 0.0976. The summed E-state index contributed by atoms with van der Waals surface area (Å²) >= 11 is 5.01. The van der Waals surface area contributed by atoms with Crippen LogP contribution in [-0.2, 0) is 16.0 Å². The first-order valence-electron chi connectivity index (χ1n) is 10.1. The number of fused-ring (bicyclic) bond motifs is 1. The number of hydrogen-bond donors (Lipinski definition) is 1. The fraction of sp³-hybridized carbons (Fsp3) is 0.261. The predicted molar refractivity (Wildman–Crippen MR) is 127 cm³/mol. The third kappa shape index (κ3) is 4.65. The van der Waals surface area contributed by atoms with Crippen LogP contribution in [-0.4, -0.2) is 29.4 Å². The summed E-state index contributed by atoms with van der Waals surface area (Å²) in [4.78, 5) is 31.9. The van der Waals surface area contributed by atoms with Crippen molar-refractivity contribution in [3.63, 3.8) is 0 Å². The van der Waals surface area contributed by atoms with E-state index < -0.39 is 6.04 Å². The van der Waals surface area contributed by atoms with Crippen LogP contribution in [0.15, 0.2) is 52.3 Å². The van der Waals surface area contributed by atoms with Crippen LogP contribution in [0.25, 0.3) is 11.3 Å². The van der Waals surface area contributed by atoms with Crippen molar-refractivity contribution in [3.8, 4) is 17.0 Å². The van der Waals surface area contributed by atoms with E-state index in [2.05, 4.69) is 28.2 Å². The number of nitrogens with one attached hydrogen (secondary N) is 1. The summed E-state index contributed by atoms with van der Waals surface area (Å²) in [7, 11) is 0. The molecule has 1 aliphatic rings. The van der Waals surface area contributed by atoms with Gasteiger partial charge in [0.1, 0.15) is 11.8 Å². The van der Waals surface area contributed by atoms with Crippen LogP contribution in [0.4, 0.5) is 11.4 Å². The predicted octanol–water partition coefficient (Wildman–Crippen LogP) is 5.28. The number of amides is 2. The molecule has 8 heteroatoms. The maximum atomic E-state index is 12.9. The summed E-state index contributed by atoms with van der Waals surface area (Å²) < 4.78 is 6.54. The van der Waals surface area contributed by atoms with Gasteiger partial charge in [-0.25, -0.2) is 4.98 Å². The molecule has 1 N–H and O–H groups in total. The van der Waals surface area contributed by atoms with E-state index >= 15 is 0 Å². The number of thiazole rings is 1. The average molecular weight is 500 g/mol. The summed E-state index contributed by atoms with van der Waals surface area (Å²) in [5.41, 5.74) is 3.00. The SMILES string of the molecule is CCCc1nc(-c2ccc3c(c2)N(C(C)C(=O)Nc2ccc(Br)cc2)C(=O)CO3)cs1. The molecule has 1 aromatic heterocycles. The normalized spacial score (nSPS) is 14.0. The van der Waals surface area contributed by atoms with Crippen molar-refractivity contribution < 1.29 is 14.3 Å². The zero-order valence-electron chi connectivity index (χ0n) is 17.2. The van der Waals surface area contributed by atoms with E-state index in [1.54, 1.807) is 30.4 Å². The van der Waals surface area contributed by atoms with Gasteiger partial charge in [0.05, 0.1) is 16.4 Å². The van der Waals surface area contributed by atoms with Crippen molar-refractivity contribution in [1.82, 2.24) is 4.98 Å². The van der Waals surface area contributed by atoms with Gasteiger partial charge in [0, 0.05) is 21.1 Å². The van der Waals surface area contributed by atoms with Gasteiger partial charge in [-0.2, -0.15) is 0 Å². The first kappa shape index (κ1) is 21.5. The van der Waals surface area contributed by atoms with Gasteiger partial charge in [-0.15, -0.1) is 11.3 Å². The molecular weight excluding hydrogens is 478 g/mol. The zero-order chi connectivity index (χ0) is 22.0. The first-order chi connectivity index (χ1) is 15.0. The third-order valence-electron chi connectivity index (χ3n) is 5.03. The fourth-order valence-corrected chi connectivity index (χ4v) is 4.60. The van der Waals surface area contributed by atoms with E-state index in [1.165, 1.54) is 4.90 Å². The highest BCUT2D eigenvalue weighted by molar-refractivity contribution is 9.10. The lowest BCUT2D eigenvalue weighted by Gasteiger charge is -2.33. The van der Waals surface area contributed by atoms with E-state index in [1.807, 2.05) is 35.7 Å². The Kier molecular flexibility index (Phi) is 6.38. The van der Waals surface area contributed by atoms with Gasteiger partial charge in [0.15, 0.2) is 6.61 Å². The minimum Gasteiger partial charge on any atom is -0.482 e. The van der Waals surface area contributed by atoms with Crippen LogP contribution < -0.4 is 15.0 Å². The highest BCUT2D eigenvalue weighted by atomic mass is 79.9. The Labute approximate surface area is 193 Å². The third-order valence-corrected chi connectivity index (χ3v) is 6.47. The Hall–Kier alpha value is -2.71. The van der Waals surface area contributed by atoms with Crippen LogP contribution in [0.2, 0.25) is 0 Å². The largest absolute Gasteiger partial charge is 0.482 e. The highest BCUT2D eigenvalue weighted by Gasteiger charge is 2.33. The molecule has 6 nitrogen and oxygen atoms in total. The number of nitrogens with zero attached hydrogens (tertiary/aromatic N) is 2. The smallest absolute Gasteiger partial charge is 0.265 e. The molecule has 0 saturated heterocycles. The number of aryl methyl sites for hydroxylation is 1. The number of anilines is 2. The van der Waals surface area contributed by atoms with Gasteiger partial charge in [-0.05, 0) is 62.2 Å². The Morgan fingerprint density at radius 1 is 1.29 bits per heavy atom. The van der Waals surface area contributed by atoms with Crippen molar-refractivity contribution in [1.29, 1.82) is 0 Å². The van der Waals surface area contributed by atoms with Crippen LogP contribution in [0.1, 0.15) is 25.3 Å². The lowest BCUT2D eigenvalue weighted by Crippen LogP contribution is -2.49. The second-order valence-electron chi connectivity index (χ2n) is 7.28. The van der Waals surface area contributed by atoms with Gasteiger partial charge in [0.2, 0.25) is 5.91 Å². The molecule has 1 atom stereocenters. The number of benzene rings is 2. The van der Waals surface area contributed by atoms with Gasteiger partial charge < -0.3 is 10.1 Å². The minimum atomic E-state index is -0.708. The molecular formula is C23H22BrN3O3S. The molecule has 0 fully saturated rings. The molecule has 0 radical (unpaired) electrons. The van der Waals surface area contributed by atoms with Gasteiger partial charge >= 0.3 is 0 Å². The molecule has 160 valence electrons.